The number of halogens is 1. The number of esters is 1. The first-order chi connectivity index (χ1) is 10.7. The van der Waals surface area contributed by atoms with Crippen molar-refractivity contribution in [2.45, 2.75) is 6.92 Å². The molecule has 0 fully saturated rings. The van der Waals surface area contributed by atoms with E-state index in [2.05, 4.69) is 20.9 Å². The molecule has 0 amide bonds. The number of benzene rings is 2. The van der Waals surface area contributed by atoms with Gasteiger partial charge >= 0.3 is 5.97 Å². The van der Waals surface area contributed by atoms with E-state index in [-0.39, 0.29) is 5.97 Å². The molecule has 4 heteroatoms. The Labute approximate surface area is 137 Å². The molecule has 0 aliphatic heterocycles. The minimum atomic E-state index is -0.320. The standard InChI is InChI=1S/C18H14BrNO2/c1-2-22-18(21)15-11-17(12-7-9-13(19)10-8-12)20-16-6-4-3-5-14(15)16/h3-11H,2H2,1H3. The number of hydrogen-bond donors (Lipinski definition) is 0. The van der Waals surface area contributed by atoms with Crippen LogP contribution >= 0.6 is 15.9 Å². The van der Waals surface area contributed by atoms with Crippen molar-refractivity contribution in [1.82, 2.24) is 4.98 Å². The first-order valence-corrected chi connectivity index (χ1v) is 7.81. The number of carbonyl (C=O) groups is 1. The van der Waals surface area contributed by atoms with Gasteiger partial charge < -0.3 is 4.74 Å². The van der Waals surface area contributed by atoms with Crippen LogP contribution in [0.5, 0.6) is 0 Å². The highest BCUT2D eigenvalue weighted by atomic mass is 79.9. The number of pyridine rings is 1. The number of hydrogen-bond acceptors (Lipinski definition) is 3. The molecule has 0 bridgehead atoms. The zero-order valence-electron chi connectivity index (χ0n) is 12.0. The Bertz CT molecular complexity index is 828. The molecule has 0 saturated carbocycles. The fraction of sp³-hybridized carbons (Fsp3) is 0.111. The molecule has 3 nitrogen and oxygen atoms in total. The van der Waals surface area contributed by atoms with E-state index >= 15 is 0 Å². The largest absolute Gasteiger partial charge is 0.462 e. The predicted octanol–water partition coefficient (Wildman–Crippen LogP) is 4.84. The summed E-state index contributed by atoms with van der Waals surface area (Å²) in [4.78, 5) is 16.9. The minimum Gasteiger partial charge on any atom is -0.462 e. The van der Waals surface area contributed by atoms with Gasteiger partial charge in [-0.15, -0.1) is 0 Å². The first kappa shape index (κ1) is 14.7. The second kappa shape index (κ2) is 6.28. The topological polar surface area (TPSA) is 39.2 Å². The minimum absolute atomic E-state index is 0.320. The van der Waals surface area contributed by atoms with Gasteiger partial charge in [-0.3, -0.25) is 0 Å². The molecule has 0 saturated heterocycles. The Morgan fingerprint density at radius 3 is 2.59 bits per heavy atom. The third kappa shape index (κ3) is 2.88. The highest BCUT2D eigenvalue weighted by molar-refractivity contribution is 9.10. The molecule has 3 rings (SSSR count). The van der Waals surface area contributed by atoms with Gasteiger partial charge in [0.25, 0.3) is 0 Å². The van der Waals surface area contributed by atoms with Gasteiger partial charge in [-0.1, -0.05) is 46.3 Å². The van der Waals surface area contributed by atoms with Crippen LogP contribution in [0.3, 0.4) is 0 Å². The van der Waals surface area contributed by atoms with Crippen LogP contribution < -0.4 is 0 Å². The van der Waals surface area contributed by atoms with E-state index in [1.807, 2.05) is 48.5 Å². The summed E-state index contributed by atoms with van der Waals surface area (Å²) in [6, 6.07) is 17.2. The maximum atomic E-state index is 12.2. The van der Waals surface area contributed by atoms with Crippen molar-refractivity contribution in [3.8, 4) is 11.3 Å². The maximum absolute atomic E-state index is 12.2. The molecule has 1 aromatic heterocycles. The van der Waals surface area contributed by atoms with Gasteiger partial charge in [-0.05, 0) is 31.2 Å². The summed E-state index contributed by atoms with van der Waals surface area (Å²) in [7, 11) is 0. The molecule has 0 radical (unpaired) electrons. The third-order valence-corrected chi connectivity index (χ3v) is 3.88. The summed E-state index contributed by atoms with van der Waals surface area (Å²) >= 11 is 3.42. The van der Waals surface area contributed by atoms with Crippen molar-refractivity contribution in [3.63, 3.8) is 0 Å². The van der Waals surface area contributed by atoms with Crippen molar-refractivity contribution >= 4 is 32.8 Å². The lowest BCUT2D eigenvalue weighted by Crippen LogP contribution is -2.06. The molecule has 110 valence electrons. The van der Waals surface area contributed by atoms with Crippen LogP contribution in [0, 0.1) is 0 Å². The van der Waals surface area contributed by atoms with Crippen LogP contribution in [0.25, 0.3) is 22.2 Å². The second-order valence-corrected chi connectivity index (χ2v) is 5.72. The molecule has 1 heterocycles. The first-order valence-electron chi connectivity index (χ1n) is 7.02. The van der Waals surface area contributed by atoms with Gasteiger partial charge in [-0.2, -0.15) is 0 Å². The average Bonchev–Trinajstić information content (AvgIpc) is 2.54. The molecule has 0 atom stereocenters. The van der Waals surface area contributed by atoms with Gasteiger partial charge in [0.15, 0.2) is 0 Å². The Balaban J connectivity index is 2.20. The highest BCUT2D eigenvalue weighted by Gasteiger charge is 2.14. The number of para-hydroxylation sites is 1. The number of carbonyl (C=O) groups excluding carboxylic acids is 1. The molecule has 22 heavy (non-hydrogen) atoms. The van der Waals surface area contributed by atoms with Crippen molar-refractivity contribution in [1.29, 1.82) is 0 Å². The lowest BCUT2D eigenvalue weighted by molar-refractivity contribution is 0.0528. The van der Waals surface area contributed by atoms with E-state index in [1.54, 1.807) is 13.0 Å². The van der Waals surface area contributed by atoms with Crippen LogP contribution in [-0.4, -0.2) is 17.6 Å². The van der Waals surface area contributed by atoms with Crippen molar-refractivity contribution < 1.29 is 9.53 Å². The van der Waals surface area contributed by atoms with Crippen LogP contribution in [0.1, 0.15) is 17.3 Å². The lowest BCUT2D eigenvalue weighted by Gasteiger charge is -2.09. The quantitative estimate of drug-likeness (QED) is 0.631. The summed E-state index contributed by atoms with van der Waals surface area (Å²) in [5.74, 6) is -0.320. The van der Waals surface area contributed by atoms with Crippen molar-refractivity contribution in [2.75, 3.05) is 6.61 Å². The molecule has 0 aliphatic carbocycles. The monoisotopic (exact) mass is 355 g/mol. The number of rotatable bonds is 3. The van der Waals surface area contributed by atoms with E-state index in [4.69, 9.17) is 4.74 Å². The Kier molecular flexibility index (Phi) is 4.20. The van der Waals surface area contributed by atoms with Crippen LogP contribution in [0.2, 0.25) is 0 Å². The molecular weight excluding hydrogens is 342 g/mol. The van der Waals surface area contributed by atoms with Gasteiger partial charge in [0.05, 0.1) is 23.4 Å². The summed E-state index contributed by atoms with van der Waals surface area (Å²) in [6.45, 7) is 2.15. The fourth-order valence-corrected chi connectivity index (χ4v) is 2.59. The number of aromatic nitrogens is 1. The molecule has 3 aromatic rings. The van der Waals surface area contributed by atoms with E-state index in [0.717, 1.165) is 26.6 Å². The van der Waals surface area contributed by atoms with Crippen LogP contribution in [-0.2, 0) is 4.74 Å². The maximum Gasteiger partial charge on any atom is 0.338 e. The van der Waals surface area contributed by atoms with Crippen LogP contribution in [0.15, 0.2) is 59.1 Å². The Morgan fingerprint density at radius 2 is 1.86 bits per heavy atom. The number of nitrogens with zero attached hydrogens (tertiary/aromatic N) is 1. The second-order valence-electron chi connectivity index (χ2n) is 4.80. The van der Waals surface area contributed by atoms with Crippen molar-refractivity contribution in [3.05, 3.63) is 64.6 Å². The molecule has 0 N–H and O–H groups in total. The molecular formula is C18H14BrNO2. The lowest BCUT2D eigenvalue weighted by atomic mass is 10.0. The van der Waals surface area contributed by atoms with E-state index in [0.29, 0.717) is 12.2 Å². The summed E-state index contributed by atoms with van der Waals surface area (Å²) in [6.07, 6.45) is 0. The van der Waals surface area contributed by atoms with E-state index in [9.17, 15) is 4.79 Å². The Morgan fingerprint density at radius 1 is 1.14 bits per heavy atom. The van der Waals surface area contributed by atoms with Gasteiger partial charge in [0.1, 0.15) is 0 Å². The molecule has 0 spiro atoms. The van der Waals surface area contributed by atoms with Gasteiger partial charge in [0.2, 0.25) is 0 Å². The van der Waals surface area contributed by atoms with Gasteiger partial charge in [-0.25, -0.2) is 9.78 Å². The highest BCUT2D eigenvalue weighted by Crippen LogP contribution is 2.26. The van der Waals surface area contributed by atoms with E-state index in [1.165, 1.54) is 0 Å². The zero-order valence-corrected chi connectivity index (χ0v) is 13.6. The van der Waals surface area contributed by atoms with E-state index < -0.39 is 0 Å². The van der Waals surface area contributed by atoms with Crippen LogP contribution in [0.4, 0.5) is 0 Å². The average molecular weight is 356 g/mol. The molecule has 0 unspecified atom stereocenters. The Hall–Kier alpha value is -2.20. The number of fused-ring (bicyclic) bond motifs is 1. The molecule has 2 aromatic carbocycles. The summed E-state index contributed by atoms with van der Waals surface area (Å²) in [5, 5.41) is 0.807. The van der Waals surface area contributed by atoms with Gasteiger partial charge in [0, 0.05) is 15.4 Å². The SMILES string of the molecule is CCOC(=O)c1cc(-c2ccc(Br)cc2)nc2ccccc12. The predicted molar refractivity (Wildman–Crippen MR) is 90.8 cm³/mol. The summed E-state index contributed by atoms with van der Waals surface area (Å²) < 4.78 is 6.17. The van der Waals surface area contributed by atoms with Crippen molar-refractivity contribution in [2.24, 2.45) is 0 Å². The molecule has 0 aliphatic rings. The summed E-state index contributed by atoms with van der Waals surface area (Å²) in [5.41, 5.74) is 3.05. The smallest absolute Gasteiger partial charge is 0.338 e. The normalized spacial score (nSPS) is 10.6. The third-order valence-electron chi connectivity index (χ3n) is 3.35. The fourth-order valence-electron chi connectivity index (χ4n) is 2.32. The number of ether oxygens (including phenoxy) is 1. The zero-order chi connectivity index (χ0) is 15.5.